The van der Waals surface area contributed by atoms with Gasteiger partial charge in [0.1, 0.15) is 5.60 Å². The number of alkyl halides is 3. The van der Waals surface area contributed by atoms with Crippen LogP contribution in [0.2, 0.25) is 0 Å². The molecule has 6 nitrogen and oxygen atoms in total. The van der Waals surface area contributed by atoms with Crippen LogP contribution < -0.4 is 10.6 Å². The van der Waals surface area contributed by atoms with Gasteiger partial charge in [-0.15, -0.1) is 24.0 Å². The number of aliphatic imine (C=N–C) groups is 1. The summed E-state index contributed by atoms with van der Waals surface area (Å²) in [6.07, 6.45) is -4.10. The molecule has 10 heteroatoms. The third-order valence-electron chi connectivity index (χ3n) is 3.67. The number of carbonyl (C=O) groups is 1. The molecule has 0 saturated carbocycles. The van der Waals surface area contributed by atoms with Crippen molar-refractivity contribution >= 4 is 36.0 Å². The van der Waals surface area contributed by atoms with E-state index in [1.54, 1.807) is 0 Å². The summed E-state index contributed by atoms with van der Waals surface area (Å²) in [4.78, 5) is 18.3. The second kappa shape index (κ2) is 11.8. The Morgan fingerprint density at radius 1 is 1.26 bits per heavy atom. The van der Waals surface area contributed by atoms with Gasteiger partial charge in [0.25, 0.3) is 0 Å². The van der Waals surface area contributed by atoms with Crippen LogP contribution in [0, 0.1) is 0 Å². The number of hydrogen-bond acceptors (Lipinski definition) is 3. The highest BCUT2D eigenvalue weighted by Gasteiger charge is 2.28. The molecular weight excluding hydrogens is 476 g/mol. The Hall–Kier alpha value is -0.940. The first kappa shape index (κ1) is 26.1. The lowest BCUT2D eigenvalue weighted by Crippen LogP contribution is -2.44. The summed E-state index contributed by atoms with van der Waals surface area (Å²) in [5.74, 6) is 0.674. The van der Waals surface area contributed by atoms with E-state index in [4.69, 9.17) is 4.74 Å². The highest BCUT2D eigenvalue weighted by Crippen LogP contribution is 2.22. The quantitative estimate of drug-likeness (QED) is 0.247. The third-order valence-corrected chi connectivity index (χ3v) is 3.67. The summed E-state index contributed by atoms with van der Waals surface area (Å²) >= 11 is 0. The van der Waals surface area contributed by atoms with Crippen molar-refractivity contribution in [3.8, 4) is 0 Å². The zero-order valence-electron chi connectivity index (χ0n) is 16.5. The first-order chi connectivity index (χ1) is 12.0. The summed E-state index contributed by atoms with van der Waals surface area (Å²) in [7, 11) is 0. The number of likely N-dealkylation sites (tertiary alicyclic amines) is 1. The largest absolute Gasteiger partial charge is 0.444 e. The number of ether oxygens (including phenoxy) is 1. The molecule has 1 heterocycles. The van der Waals surface area contributed by atoms with E-state index in [0.29, 0.717) is 32.0 Å². The maximum atomic E-state index is 12.2. The van der Waals surface area contributed by atoms with Gasteiger partial charge in [0.05, 0.1) is 6.04 Å². The first-order valence-corrected chi connectivity index (χ1v) is 9.09. The maximum Gasteiger partial charge on any atom is 0.407 e. The van der Waals surface area contributed by atoms with E-state index >= 15 is 0 Å². The summed E-state index contributed by atoms with van der Waals surface area (Å²) in [5, 5.41) is 6.00. The molecular formula is C17H32F3IN4O2. The predicted molar refractivity (Wildman–Crippen MR) is 111 cm³/mol. The number of rotatable bonds is 6. The molecule has 1 aliphatic heterocycles. The van der Waals surface area contributed by atoms with Gasteiger partial charge in [-0.25, -0.2) is 4.79 Å². The molecule has 0 aliphatic carbocycles. The van der Waals surface area contributed by atoms with Gasteiger partial charge in [-0.05, 0) is 47.0 Å². The Balaban J connectivity index is 0.00000676. The Morgan fingerprint density at radius 2 is 1.93 bits per heavy atom. The minimum Gasteiger partial charge on any atom is -0.444 e. The molecule has 0 unspecified atom stereocenters. The number of alkyl carbamates (subject to hydrolysis) is 1. The molecule has 160 valence electrons. The summed E-state index contributed by atoms with van der Waals surface area (Å²) in [5.41, 5.74) is -0.546. The molecule has 1 rings (SSSR count). The van der Waals surface area contributed by atoms with Gasteiger partial charge in [0, 0.05) is 32.6 Å². The Bertz CT molecular complexity index is 482. The van der Waals surface area contributed by atoms with Crippen molar-refractivity contribution in [2.24, 2.45) is 4.99 Å². The lowest BCUT2D eigenvalue weighted by atomic mass is 10.2. The SMILES string of the molecule is CCNC(=NCCCCC(F)(F)F)N1CC[C@@H](NC(=O)OC(C)(C)C)C1.I. The maximum absolute atomic E-state index is 12.2. The number of nitrogens with zero attached hydrogens (tertiary/aromatic N) is 2. The Kier molecular flexibility index (Phi) is 11.4. The van der Waals surface area contributed by atoms with Gasteiger partial charge in [-0.2, -0.15) is 13.2 Å². The van der Waals surface area contributed by atoms with E-state index in [1.165, 1.54) is 0 Å². The number of carbonyl (C=O) groups excluding carboxylic acids is 1. The average molecular weight is 508 g/mol. The molecule has 2 N–H and O–H groups in total. The van der Waals surface area contributed by atoms with Gasteiger partial charge < -0.3 is 20.3 Å². The van der Waals surface area contributed by atoms with Gasteiger partial charge in [-0.3, -0.25) is 4.99 Å². The number of unbranched alkanes of at least 4 members (excludes halogenated alkanes) is 1. The van der Waals surface area contributed by atoms with E-state index in [-0.39, 0.29) is 36.4 Å². The van der Waals surface area contributed by atoms with Crippen molar-refractivity contribution in [2.45, 2.75) is 71.2 Å². The average Bonchev–Trinajstić information content (AvgIpc) is 2.90. The minimum absolute atomic E-state index is 0. The fourth-order valence-corrected chi connectivity index (χ4v) is 2.59. The summed E-state index contributed by atoms with van der Waals surface area (Å²) < 4.78 is 41.7. The fourth-order valence-electron chi connectivity index (χ4n) is 2.59. The second-order valence-electron chi connectivity index (χ2n) is 7.39. The molecule has 27 heavy (non-hydrogen) atoms. The van der Waals surface area contributed by atoms with E-state index in [1.807, 2.05) is 32.6 Å². The molecule has 1 aliphatic rings. The van der Waals surface area contributed by atoms with Gasteiger partial charge in [0.15, 0.2) is 5.96 Å². The zero-order chi connectivity index (χ0) is 19.8. The highest BCUT2D eigenvalue weighted by molar-refractivity contribution is 14.0. The van der Waals surface area contributed by atoms with Gasteiger partial charge in [0.2, 0.25) is 0 Å². The van der Waals surface area contributed by atoms with Crippen LogP contribution in [0.25, 0.3) is 0 Å². The van der Waals surface area contributed by atoms with Crippen LogP contribution in [0.3, 0.4) is 0 Å². The van der Waals surface area contributed by atoms with Crippen LogP contribution in [0.1, 0.15) is 53.4 Å². The molecule has 0 aromatic rings. The molecule has 1 saturated heterocycles. The summed E-state index contributed by atoms with van der Waals surface area (Å²) in [6.45, 7) is 9.68. The molecule has 0 spiro atoms. The Morgan fingerprint density at radius 3 is 2.48 bits per heavy atom. The van der Waals surface area contributed by atoms with E-state index < -0.39 is 24.3 Å². The van der Waals surface area contributed by atoms with Crippen LogP contribution in [0.15, 0.2) is 4.99 Å². The smallest absolute Gasteiger partial charge is 0.407 e. The molecule has 0 aromatic heterocycles. The van der Waals surface area contributed by atoms with Crippen LogP contribution in [-0.2, 0) is 4.74 Å². The minimum atomic E-state index is -4.11. The van der Waals surface area contributed by atoms with Crippen molar-refractivity contribution in [1.82, 2.24) is 15.5 Å². The Labute approximate surface area is 176 Å². The van der Waals surface area contributed by atoms with Crippen molar-refractivity contribution in [3.63, 3.8) is 0 Å². The van der Waals surface area contributed by atoms with Crippen LogP contribution in [0.4, 0.5) is 18.0 Å². The zero-order valence-corrected chi connectivity index (χ0v) is 18.8. The number of hydrogen-bond donors (Lipinski definition) is 2. The number of guanidine groups is 1. The van der Waals surface area contributed by atoms with Crippen LogP contribution >= 0.6 is 24.0 Å². The monoisotopic (exact) mass is 508 g/mol. The second-order valence-corrected chi connectivity index (χ2v) is 7.39. The topological polar surface area (TPSA) is 66.0 Å². The molecule has 0 aromatic carbocycles. The standard InChI is InChI=1S/C17H31F3N4O2.HI/c1-5-21-14(22-10-7-6-9-17(18,19)20)24-11-8-13(12-24)23-15(25)26-16(2,3)4;/h13H,5-12H2,1-4H3,(H,21,22)(H,23,25);1H/t13-;/m1./s1. The number of nitrogens with one attached hydrogen (secondary N) is 2. The van der Waals surface area contributed by atoms with Gasteiger partial charge >= 0.3 is 12.3 Å². The van der Waals surface area contributed by atoms with Crippen molar-refractivity contribution in [2.75, 3.05) is 26.2 Å². The molecule has 1 fully saturated rings. The van der Waals surface area contributed by atoms with E-state index in [2.05, 4.69) is 15.6 Å². The molecule has 0 radical (unpaired) electrons. The van der Waals surface area contributed by atoms with E-state index in [9.17, 15) is 18.0 Å². The van der Waals surface area contributed by atoms with Crippen LogP contribution in [0.5, 0.6) is 0 Å². The van der Waals surface area contributed by atoms with Crippen LogP contribution in [-0.4, -0.2) is 61.0 Å². The molecule has 0 bridgehead atoms. The lowest BCUT2D eigenvalue weighted by Gasteiger charge is -2.23. The number of halogens is 4. The van der Waals surface area contributed by atoms with Gasteiger partial charge in [-0.1, -0.05) is 0 Å². The molecule has 1 amide bonds. The highest BCUT2D eigenvalue weighted by atomic mass is 127. The number of amides is 1. The fraction of sp³-hybridized carbons (Fsp3) is 0.882. The molecule has 1 atom stereocenters. The van der Waals surface area contributed by atoms with Crippen molar-refractivity contribution in [3.05, 3.63) is 0 Å². The third kappa shape index (κ3) is 12.2. The first-order valence-electron chi connectivity index (χ1n) is 9.09. The summed E-state index contributed by atoms with van der Waals surface area (Å²) in [6, 6.07) is -0.0427. The van der Waals surface area contributed by atoms with Crippen molar-refractivity contribution < 1.29 is 22.7 Å². The predicted octanol–water partition coefficient (Wildman–Crippen LogP) is 3.90. The van der Waals surface area contributed by atoms with Crippen molar-refractivity contribution in [1.29, 1.82) is 0 Å². The van der Waals surface area contributed by atoms with E-state index in [0.717, 1.165) is 13.0 Å². The normalized spacial score (nSPS) is 18.1. The lowest BCUT2D eigenvalue weighted by molar-refractivity contribution is -0.135.